The number of rotatable bonds is 8. The molecule has 11 heteroatoms. The highest BCUT2D eigenvalue weighted by Gasteiger charge is 2.27. The van der Waals surface area contributed by atoms with Gasteiger partial charge in [-0.2, -0.15) is 10.4 Å². The Hall–Kier alpha value is -3.59. The van der Waals surface area contributed by atoms with Gasteiger partial charge in [-0.15, -0.1) is 0 Å². The molecule has 3 aromatic rings. The molecule has 1 amide bonds. The maximum atomic E-state index is 14.2. The Balaban J connectivity index is 1.62. The molecule has 35 heavy (non-hydrogen) atoms. The molecule has 1 fully saturated rings. The molecule has 0 spiro atoms. The minimum Gasteiger partial charge on any atom is -0.387 e. The van der Waals surface area contributed by atoms with Crippen LogP contribution in [0.1, 0.15) is 29.8 Å². The Morgan fingerprint density at radius 3 is 2.97 bits per heavy atom. The van der Waals surface area contributed by atoms with E-state index < -0.39 is 17.7 Å². The van der Waals surface area contributed by atoms with Gasteiger partial charge in [-0.05, 0) is 38.1 Å². The highest BCUT2D eigenvalue weighted by atomic mass is 19.1. The molecule has 0 aliphatic carbocycles. The summed E-state index contributed by atoms with van der Waals surface area (Å²) in [5, 5.41) is 32.4. The number of halogens is 1. The molecule has 2 atom stereocenters. The van der Waals surface area contributed by atoms with Crippen LogP contribution in [-0.4, -0.2) is 76.3 Å². The van der Waals surface area contributed by atoms with Gasteiger partial charge in [0.05, 0.1) is 65.3 Å². The first kappa shape index (κ1) is 24.5. The zero-order chi connectivity index (χ0) is 25.0. The number of nitrogens with zero attached hydrogens (tertiary/aromatic N) is 4. The maximum absolute atomic E-state index is 14.2. The van der Waals surface area contributed by atoms with Gasteiger partial charge in [-0.1, -0.05) is 0 Å². The average Bonchev–Trinajstić information content (AvgIpc) is 3.29. The van der Waals surface area contributed by atoms with E-state index in [0.29, 0.717) is 42.4 Å². The van der Waals surface area contributed by atoms with E-state index in [4.69, 9.17) is 10.00 Å². The van der Waals surface area contributed by atoms with Crippen LogP contribution in [0.2, 0.25) is 0 Å². The maximum Gasteiger partial charge on any atom is 0.255 e. The lowest BCUT2D eigenvalue weighted by atomic mass is 10.0. The molecule has 1 aliphatic rings. The van der Waals surface area contributed by atoms with Crippen LogP contribution in [0.3, 0.4) is 0 Å². The summed E-state index contributed by atoms with van der Waals surface area (Å²) in [6, 6.07) is 9.26. The molecule has 4 rings (SSSR count). The number of hydrogen-bond donors (Lipinski definition) is 4. The number of pyridine rings is 1. The summed E-state index contributed by atoms with van der Waals surface area (Å²) in [6.45, 7) is 4.78. The number of aromatic nitrogens is 3. The van der Waals surface area contributed by atoms with Crippen molar-refractivity contribution in [3.63, 3.8) is 0 Å². The molecule has 1 saturated heterocycles. The first-order valence-corrected chi connectivity index (χ1v) is 11.3. The van der Waals surface area contributed by atoms with Gasteiger partial charge < -0.3 is 25.8 Å². The van der Waals surface area contributed by atoms with E-state index in [0.717, 1.165) is 12.1 Å². The van der Waals surface area contributed by atoms with Crippen LogP contribution in [0, 0.1) is 11.3 Å². The van der Waals surface area contributed by atoms with Crippen molar-refractivity contribution in [1.29, 1.82) is 5.26 Å². The van der Waals surface area contributed by atoms with Crippen LogP contribution in [0.25, 0.3) is 16.9 Å². The van der Waals surface area contributed by atoms with Crippen LogP contribution >= 0.6 is 0 Å². The second-order valence-corrected chi connectivity index (χ2v) is 8.96. The van der Waals surface area contributed by atoms with Gasteiger partial charge in [-0.3, -0.25) is 9.78 Å². The third-order valence-electron chi connectivity index (χ3n) is 5.79. The first-order valence-electron chi connectivity index (χ1n) is 11.3. The SMILES string of the molecule is CC(C)(O)C(F)CNC(=O)c1cnc(-c2ccc3cc(C#N)cnn23)cc1NCC1COCCN1. The molecule has 3 aromatic heterocycles. The average molecular weight is 482 g/mol. The fraction of sp³-hybridized carbons (Fsp3) is 0.417. The minimum absolute atomic E-state index is 0.0573. The summed E-state index contributed by atoms with van der Waals surface area (Å²) < 4.78 is 21.3. The van der Waals surface area contributed by atoms with E-state index in [-0.39, 0.29) is 18.2 Å². The highest BCUT2D eigenvalue weighted by Crippen LogP contribution is 2.25. The summed E-state index contributed by atoms with van der Waals surface area (Å²) in [7, 11) is 0. The monoisotopic (exact) mass is 481 g/mol. The number of fused-ring (bicyclic) bond motifs is 1. The van der Waals surface area contributed by atoms with Crippen molar-refractivity contribution >= 4 is 17.1 Å². The number of hydrogen-bond acceptors (Lipinski definition) is 8. The number of alkyl halides is 1. The standard InChI is InChI=1S/C24H28FN7O3/c1-24(2,34)22(25)13-30-23(33)18-12-29-20(8-19(18)28-11-16-14-35-6-5-27-16)21-4-3-17-7-15(9-26)10-31-32(17)21/h3-4,7-8,10,12,16,22,27,34H,5-6,11,13-14H2,1-2H3,(H,28,29)(H,30,33). The molecule has 0 radical (unpaired) electrons. The van der Waals surface area contributed by atoms with Gasteiger partial charge in [0, 0.05) is 25.3 Å². The van der Waals surface area contributed by atoms with Crippen molar-refractivity contribution in [1.82, 2.24) is 25.2 Å². The summed E-state index contributed by atoms with van der Waals surface area (Å²) in [5.74, 6) is -0.511. The fourth-order valence-electron chi connectivity index (χ4n) is 3.69. The third-order valence-corrected chi connectivity index (χ3v) is 5.79. The Kier molecular flexibility index (Phi) is 7.25. The predicted octanol–water partition coefficient (Wildman–Crippen LogP) is 1.51. The fourth-order valence-corrected chi connectivity index (χ4v) is 3.69. The van der Waals surface area contributed by atoms with Crippen LogP contribution in [0.5, 0.6) is 0 Å². The Morgan fingerprint density at radius 1 is 1.43 bits per heavy atom. The molecule has 4 N–H and O–H groups in total. The lowest BCUT2D eigenvalue weighted by molar-refractivity contribution is -0.00177. The number of morpholine rings is 1. The predicted molar refractivity (Wildman–Crippen MR) is 128 cm³/mol. The lowest BCUT2D eigenvalue weighted by Gasteiger charge is -2.25. The van der Waals surface area contributed by atoms with E-state index in [9.17, 15) is 14.3 Å². The Labute approximate surface area is 202 Å². The smallest absolute Gasteiger partial charge is 0.255 e. The second kappa shape index (κ2) is 10.4. The number of nitrogens with one attached hydrogen (secondary N) is 3. The topological polar surface area (TPSA) is 137 Å². The lowest BCUT2D eigenvalue weighted by Crippen LogP contribution is -2.45. The van der Waals surface area contributed by atoms with Crippen molar-refractivity contribution in [2.45, 2.75) is 31.7 Å². The molecule has 0 bridgehead atoms. The first-order chi connectivity index (χ1) is 16.8. The number of aliphatic hydroxyl groups is 1. The van der Waals surface area contributed by atoms with Crippen molar-refractivity contribution in [3.8, 4) is 17.5 Å². The van der Waals surface area contributed by atoms with Crippen LogP contribution in [-0.2, 0) is 4.74 Å². The summed E-state index contributed by atoms with van der Waals surface area (Å²) >= 11 is 0. The number of amides is 1. The van der Waals surface area contributed by atoms with E-state index in [1.54, 1.807) is 16.6 Å². The summed E-state index contributed by atoms with van der Waals surface area (Å²) in [6.07, 6.45) is 1.27. The van der Waals surface area contributed by atoms with Crippen molar-refractivity contribution in [2.24, 2.45) is 0 Å². The number of carbonyl (C=O) groups is 1. The number of anilines is 1. The quantitative estimate of drug-likeness (QED) is 0.380. The van der Waals surface area contributed by atoms with Gasteiger partial charge in [0.15, 0.2) is 0 Å². The second-order valence-electron chi connectivity index (χ2n) is 8.96. The molecular weight excluding hydrogens is 453 g/mol. The third kappa shape index (κ3) is 5.74. The van der Waals surface area contributed by atoms with Gasteiger partial charge in [0.25, 0.3) is 5.91 Å². The number of ether oxygens (including phenoxy) is 1. The number of nitriles is 1. The van der Waals surface area contributed by atoms with Gasteiger partial charge >= 0.3 is 0 Å². The molecule has 1 aliphatic heterocycles. The largest absolute Gasteiger partial charge is 0.387 e. The molecule has 0 saturated carbocycles. The van der Waals surface area contributed by atoms with Crippen LogP contribution in [0.15, 0.2) is 36.7 Å². The Morgan fingerprint density at radius 2 is 2.26 bits per heavy atom. The molecule has 2 unspecified atom stereocenters. The van der Waals surface area contributed by atoms with E-state index in [1.165, 1.54) is 26.2 Å². The normalized spacial score (nSPS) is 17.1. The molecule has 184 valence electrons. The zero-order valence-electron chi connectivity index (χ0n) is 19.6. The molecular formula is C24H28FN7O3. The van der Waals surface area contributed by atoms with E-state index in [1.807, 2.05) is 12.1 Å². The summed E-state index contributed by atoms with van der Waals surface area (Å²) in [4.78, 5) is 17.4. The van der Waals surface area contributed by atoms with E-state index >= 15 is 0 Å². The van der Waals surface area contributed by atoms with E-state index in [2.05, 4.69) is 32.1 Å². The molecule has 10 nitrogen and oxygen atoms in total. The van der Waals surface area contributed by atoms with Gasteiger partial charge in [-0.25, -0.2) is 8.91 Å². The molecule has 4 heterocycles. The van der Waals surface area contributed by atoms with Gasteiger partial charge in [0.2, 0.25) is 0 Å². The van der Waals surface area contributed by atoms with Crippen LogP contribution in [0.4, 0.5) is 10.1 Å². The minimum atomic E-state index is -1.63. The molecule has 0 aromatic carbocycles. The summed E-state index contributed by atoms with van der Waals surface area (Å²) in [5.41, 5.74) is 1.62. The number of carbonyl (C=O) groups excluding carboxylic acids is 1. The van der Waals surface area contributed by atoms with Crippen molar-refractivity contribution in [3.05, 3.63) is 47.8 Å². The highest BCUT2D eigenvalue weighted by molar-refractivity contribution is 6.00. The van der Waals surface area contributed by atoms with Crippen LogP contribution < -0.4 is 16.0 Å². The van der Waals surface area contributed by atoms with Crippen molar-refractivity contribution < 1.29 is 19.0 Å². The van der Waals surface area contributed by atoms with Gasteiger partial charge in [0.1, 0.15) is 12.2 Å². The Bertz CT molecular complexity index is 1240. The van der Waals surface area contributed by atoms with Crippen molar-refractivity contribution in [2.75, 3.05) is 38.2 Å². The zero-order valence-corrected chi connectivity index (χ0v) is 19.6.